The number of rotatable bonds is 6. The van der Waals surface area contributed by atoms with Gasteiger partial charge in [0.15, 0.2) is 5.82 Å². The number of fused-ring (bicyclic) bond motifs is 1. The van der Waals surface area contributed by atoms with Crippen LogP contribution in [0.25, 0.3) is 0 Å². The van der Waals surface area contributed by atoms with E-state index in [-0.39, 0.29) is 23.7 Å². The summed E-state index contributed by atoms with van der Waals surface area (Å²) >= 11 is 0. The second-order valence-corrected chi connectivity index (χ2v) is 10.2. The van der Waals surface area contributed by atoms with Crippen LogP contribution in [0, 0.1) is 12.8 Å². The van der Waals surface area contributed by atoms with Crippen molar-refractivity contribution in [2.45, 2.75) is 38.1 Å². The molecule has 0 radical (unpaired) electrons. The zero-order chi connectivity index (χ0) is 22.2. The van der Waals surface area contributed by atoms with Gasteiger partial charge in [0.2, 0.25) is 15.9 Å². The number of carbonyl (C=O) groups excluding carboxylic acids is 1. The fraction of sp³-hybridized carbons (Fsp3) is 0.550. The molecule has 1 aromatic carbocycles. The van der Waals surface area contributed by atoms with E-state index in [4.69, 9.17) is 9.26 Å². The number of hydrogen-bond donors (Lipinski definition) is 2. The zero-order valence-corrected chi connectivity index (χ0v) is 18.6. The van der Waals surface area contributed by atoms with Crippen molar-refractivity contribution in [3.05, 3.63) is 36.0 Å². The maximum atomic E-state index is 13.0. The molecule has 2 amide bonds. The summed E-state index contributed by atoms with van der Waals surface area (Å²) in [5.41, 5.74) is 0.0612. The number of nitrogens with zero attached hydrogens (tertiary/aromatic N) is 3. The number of ether oxygens (including phenoxy) is 1. The van der Waals surface area contributed by atoms with E-state index in [1.165, 1.54) is 0 Å². The number of methoxy groups -OCH3 is 1. The number of nitrogens with one attached hydrogen (secondary N) is 2. The molecule has 2 heterocycles. The summed E-state index contributed by atoms with van der Waals surface area (Å²) in [6.45, 7) is 4.20. The molecule has 2 aromatic rings. The second kappa shape index (κ2) is 8.12. The Bertz CT molecular complexity index is 1070. The van der Waals surface area contributed by atoms with Crippen LogP contribution in [0.5, 0.6) is 5.75 Å². The second-order valence-electron chi connectivity index (χ2n) is 8.20. The number of anilines is 1. The maximum absolute atomic E-state index is 13.0. The molecule has 1 aliphatic heterocycles. The molecular weight excluding hydrogens is 422 g/mol. The normalized spacial score (nSPS) is 25.5. The van der Waals surface area contributed by atoms with E-state index in [1.807, 2.05) is 0 Å². The number of benzene rings is 1. The minimum absolute atomic E-state index is 0.00738. The Hall–Kier alpha value is -2.66. The third-order valence-electron chi connectivity index (χ3n) is 6.16. The van der Waals surface area contributed by atoms with E-state index in [0.29, 0.717) is 49.1 Å². The molecule has 1 aromatic heterocycles. The molecule has 0 bridgehead atoms. The number of urea groups is 1. The molecule has 1 aliphatic carbocycles. The zero-order valence-electron chi connectivity index (χ0n) is 17.8. The maximum Gasteiger partial charge on any atom is 0.321 e. The lowest BCUT2D eigenvalue weighted by molar-refractivity contribution is 0.212. The molecule has 3 atom stereocenters. The average molecular weight is 450 g/mol. The molecular formula is C20H27N5O5S. The van der Waals surface area contributed by atoms with E-state index >= 15 is 0 Å². The highest BCUT2D eigenvalue weighted by Crippen LogP contribution is 2.50. The predicted octanol–water partition coefficient (Wildman–Crippen LogP) is 1.89. The Morgan fingerprint density at radius 2 is 2.23 bits per heavy atom. The molecule has 10 nitrogen and oxygen atoms in total. The molecule has 2 fully saturated rings. The van der Waals surface area contributed by atoms with Gasteiger partial charge < -0.3 is 19.5 Å². The Morgan fingerprint density at radius 3 is 2.90 bits per heavy atom. The Kier molecular flexibility index (Phi) is 5.65. The van der Waals surface area contributed by atoms with Gasteiger partial charge in [0.1, 0.15) is 5.75 Å². The number of aromatic nitrogens is 2. The van der Waals surface area contributed by atoms with Gasteiger partial charge in [0, 0.05) is 30.9 Å². The lowest BCUT2D eigenvalue weighted by Crippen LogP contribution is -2.41. The van der Waals surface area contributed by atoms with Gasteiger partial charge in [-0.05, 0) is 44.7 Å². The van der Waals surface area contributed by atoms with Crippen molar-refractivity contribution in [3.8, 4) is 5.75 Å². The smallest absolute Gasteiger partial charge is 0.321 e. The third-order valence-corrected chi connectivity index (χ3v) is 7.62. The van der Waals surface area contributed by atoms with Crippen LogP contribution >= 0.6 is 0 Å². The van der Waals surface area contributed by atoms with E-state index in [1.54, 1.807) is 50.1 Å². The van der Waals surface area contributed by atoms with Crippen LogP contribution < -0.4 is 14.8 Å². The number of likely N-dealkylation sites (tertiary alicyclic amines) is 1. The van der Waals surface area contributed by atoms with E-state index in [0.717, 1.165) is 0 Å². The van der Waals surface area contributed by atoms with Gasteiger partial charge in [-0.25, -0.2) is 17.9 Å². The topological polar surface area (TPSA) is 127 Å². The van der Waals surface area contributed by atoms with E-state index in [2.05, 4.69) is 20.2 Å². The van der Waals surface area contributed by atoms with Crippen LogP contribution in [-0.4, -0.2) is 61.5 Å². The Labute approximate surface area is 181 Å². The SMILES string of the molecule is CCS(=O)(=O)N[C@@H]1CC2CN(C(=O)Nc3cccc(OC)c3)C[C@@]2(c2nc(C)no2)C1. The van der Waals surface area contributed by atoms with Crippen molar-refractivity contribution in [1.29, 1.82) is 0 Å². The van der Waals surface area contributed by atoms with Crippen LogP contribution in [0.2, 0.25) is 0 Å². The molecule has 168 valence electrons. The van der Waals surface area contributed by atoms with Crippen LogP contribution in [0.15, 0.2) is 28.8 Å². The molecule has 0 spiro atoms. The highest BCUT2D eigenvalue weighted by Gasteiger charge is 2.58. The largest absolute Gasteiger partial charge is 0.497 e. The van der Waals surface area contributed by atoms with Gasteiger partial charge in [-0.1, -0.05) is 11.2 Å². The van der Waals surface area contributed by atoms with Gasteiger partial charge in [-0.2, -0.15) is 4.98 Å². The predicted molar refractivity (Wildman–Crippen MR) is 113 cm³/mol. The quantitative estimate of drug-likeness (QED) is 0.689. The lowest BCUT2D eigenvalue weighted by atomic mass is 9.80. The Balaban J connectivity index is 1.54. The van der Waals surface area contributed by atoms with Crippen LogP contribution in [0.3, 0.4) is 0 Å². The highest BCUT2D eigenvalue weighted by atomic mass is 32.2. The molecule has 11 heteroatoms. The first kappa shape index (κ1) is 21.6. The van der Waals surface area contributed by atoms with Crippen LogP contribution in [0.4, 0.5) is 10.5 Å². The van der Waals surface area contributed by atoms with Crippen molar-refractivity contribution in [2.24, 2.45) is 5.92 Å². The highest BCUT2D eigenvalue weighted by molar-refractivity contribution is 7.89. The summed E-state index contributed by atoms with van der Waals surface area (Å²) in [7, 11) is -1.76. The molecule has 1 saturated carbocycles. The molecule has 1 unspecified atom stereocenters. The summed E-state index contributed by atoms with van der Waals surface area (Å²) in [6.07, 6.45) is 1.10. The summed E-state index contributed by atoms with van der Waals surface area (Å²) in [5.74, 6) is 1.66. The van der Waals surface area contributed by atoms with Gasteiger partial charge in [-0.3, -0.25) is 0 Å². The Morgan fingerprint density at radius 1 is 1.42 bits per heavy atom. The van der Waals surface area contributed by atoms with Crippen molar-refractivity contribution >= 4 is 21.7 Å². The first-order chi connectivity index (χ1) is 14.7. The number of hydrogen-bond acceptors (Lipinski definition) is 7. The summed E-state index contributed by atoms with van der Waals surface area (Å²) < 4.78 is 37.7. The van der Waals surface area contributed by atoms with E-state index < -0.39 is 15.4 Å². The van der Waals surface area contributed by atoms with Crippen LogP contribution in [-0.2, 0) is 15.4 Å². The summed E-state index contributed by atoms with van der Waals surface area (Å²) in [5, 5.41) is 6.84. The lowest BCUT2D eigenvalue weighted by Gasteiger charge is -2.25. The molecule has 2 aliphatic rings. The van der Waals surface area contributed by atoms with Gasteiger partial charge in [0.05, 0.1) is 18.3 Å². The monoisotopic (exact) mass is 449 g/mol. The third kappa shape index (κ3) is 4.24. The van der Waals surface area contributed by atoms with Gasteiger partial charge in [-0.15, -0.1) is 0 Å². The minimum Gasteiger partial charge on any atom is -0.497 e. The van der Waals surface area contributed by atoms with Gasteiger partial charge >= 0.3 is 6.03 Å². The molecule has 31 heavy (non-hydrogen) atoms. The number of carbonyl (C=O) groups is 1. The summed E-state index contributed by atoms with van der Waals surface area (Å²) in [6, 6.07) is 6.70. The fourth-order valence-electron chi connectivity index (χ4n) is 4.69. The molecule has 2 N–H and O–H groups in total. The first-order valence-electron chi connectivity index (χ1n) is 10.3. The van der Waals surface area contributed by atoms with Crippen molar-refractivity contribution < 1.29 is 22.5 Å². The minimum atomic E-state index is -3.34. The number of sulfonamides is 1. The van der Waals surface area contributed by atoms with Crippen molar-refractivity contribution in [2.75, 3.05) is 31.3 Å². The van der Waals surface area contributed by atoms with Gasteiger partial charge in [0.25, 0.3) is 0 Å². The van der Waals surface area contributed by atoms with E-state index in [9.17, 15) is 13.2 Å². The summed E-state index contributed by atoms with van der Waals surface area (Å²) in [4.78, 5) is 19.2. The number of aryl methyl sites for hydroxylation is 1. The van der Waals surface area contributed by atoms with Crippen molar-refractivity contribution in [1.82, 2.24) is 19.8 Å². The van der Waals surface area contributed by atoms with Crippen molar-refractivity contribution in [3.63, 3.8) is 0 Å². The fourth-order valence-corrected chi connectivity index (χ4v) is 5.54. The molecule has 4 rings (SSSR count). The molecule has 1 saturated heterocycles. The van der Waals surface area contributed by atoms with Crippen LogP contribution in [0.1, 0.15) is 31.5 Å². The first-order valence-corrected chi connectivity index (χ1v) is 11.9. The average Bonchev–Trinajstić information content (AvgIpc) is 3.40. The number of amides is 2. The standard InChI is InChI=1S/C20H27N5O5S/c1-4-31(27,28)24-16-8-14-11-25(12-20(14,10-16)18-21-13(2)23-30-18)19(26)22-15-6-5-7-17(9-15)29-3/h5-7,9,14,16,24H,4,8,10-12H2,1-3H3,(H,22,26)/t14?,16-,20+/m1/s1.